The Bertz CT molecular complexity index is 635. The Morgan fingerprint density at radius 3 is 2.29 bits per heavy atom. The van der Waals surface area contributed by atoms with Crippen molar-refractivity contribution in [1.29, 1.82) is 0 Å². The maximum absolute atomic E-state index is 12.4. The van der Waals surface area contributed by atoms with Gasteiger partial charge in [-0.1, -0.05) is 41.5 Å². The molecule has 0 bridgehead atoms. The van der Waals surface area contributed by atoms with Gasteiger partial charge in [-0.25, -0.2) is 0 Å². The second-order valence-corrected chi connectivity index (χ2v) is 5.30. The number of nitrogen functional groups attached to an aromatic ring is 1. The summed E-state index contributed by atoms with van der Waals surface area (Å²) in [5.74, 6) is 5.33. The summed E-state index contributed by atoms with van der Waals surface area (Å²) in [4.78, 5) is 12.4. The first-order valence-electron chi connectivity index (χ1n) is 6.96. The molecule has 0 aliphatic carbocycles. The number of nitrogens with two attached hydrogens (primary N) is 1. The zero-order valence-electron chi connectivity index (χ0n) is 12.6. The molecule has 2 aromatic carbocycles. The number of hydrogen-bond acceptors (Lipinski definition) is 3. The van der Waals surface area contributed by atoms with E-state index in [1.165, 1.54) is 5.56 Å². The molecule has 0 aliphatic rings. The van der Waals surface area contributed by atoms with E-state index in [0.717, 1.165) is 11.1 Å². The van der Waals surface area contributed by atoms with Gasteiger partial charge in [-0.15, -0.1) is 0 Å². The lowest BCUT2D eigenvalue weighted by atomic mass is 10.0. The third-order valence-corrected chi connectivity index (χ3v) is 3.50. The molecule has 2 aromatic rings. The molecule has 0 heterocycles. The fourth-order valence-corrected chi connectivity index (χ4v) is 2.18. The number of aryl methyl sites for hydroxylation is 2. The summed E-state index contributed by atoms with van der Waals surface area (Å²) in [6.07, 6.45) is 0. The number of rotatable bonds is 4. The Kier molecular flexibility index (Phi) is 4.60. The van der Waals surface area contributed by atoms with Gasteiger partial charge in [0.05, 0.1) is 17.3 Å². The van der Waals surface area contributed by atoms with Crippen molar-refractivity contribution in [3.8, 4) is 0 Å². The van der Waals surface area contributed by atoms with Gasteiger partial charge in [0, 0.05) is 0 Å². The minimum atomic E-state index is -0.139. The highest BCUT2D eigenvalue weighted by atomic mass is 16.1. The molecular formula is C17H21N3O. The largest absolute Gasteiger partial charge is 0.345 e. The smallest absolute Gasteiger partial charge is 0.253 e. The predicted molar refractivity (Wildman–Crippen MR) is 86.0 cm³/mol. The number of anilines is 1. The van der Waals surface area contributed by atoms with Crippen LogP contribution in [0.2, 0.25) is 0 Å². The average molecular weight is 283 g/mol. The molecule has 4 N–H and O–H groups in total. The first kappa shape index (κ1) is 15.1. The first-order chi connectivity index (χ1) is 10.0. The van der Waals surface area contributed by atoms with Gasteiger partial charge in [0.15, 0.2) is 0 Å². The Morgan fingerprint density at radius 2 is 1.67 bits per heavy atom. The number of benzene rings is 2. The predicted octanol–water partition coefficient (Wildman–Crippen LogP) is 3.08. The summed E-state index contributed by atoms with van der Waals surface area (Å²) in [5.41, 5.74) is 7.02. The van der Waals surface area contributed by atoms with E-state index in [0.29, 0.717) is 11.3 Å². The zero-order valence-corrected chi connectivity index (χ0v) is 12.6. The summed E-state index contributed by atoms with van der Waals surface area (Å²) < 4.78 is 0. The van der Waals surface area contributed by atoms with Crippen LogP contribution < -0.4 is 16.6 Å². The normalized spacial score (nSPS) is 11.8. The molecule has 4 nitrogen and oxygen atoms in total. The van der Waals surface area contributed by atoms with Crippen molar-refractivity contribution < 1.29 is 4.79 Å². The fraction of sp³-hybridized carbons (Fsp3) is 0.235. The van der Waals surface area contributed by atoms with Crippen LogP contribution >= 0.6 is 0 Å². The van der Waals surface area contributed by atoms with Gasteiger partial charge >= 0.3 is 0 Å². The summed E-state index contributed by atoms with van der Waals surface area (Å²) in [6.45, 7) is 5.95. The third kappa shape index (κ3) is 3.61. The van der Waals surface area contributed by atoms with Gasteiger partial charge in [-0.3, -0.25) is 10.6 Å². The van der Waals surface area contributed by atoms with Crippen molar-refractivity contribution in [2.24, 2.45) is 5.84 Å². The molecule has 21 heavy (non-hydrogen) atoms. The van der Waals surface area contributed by atoms with E-state index >= 15 is 0 Å². The highest BCUT2D eigenvalue weighted by molar-refractivity contribution is 5.99. The summed E-state index contributed by atoms with van der Waals surface area (Å²) >= 11 is 0. The number of carbonyl (C=O) groups is 1. The Hall–Kier alpha value is -2.33. The van der Waals surface area contributed by atoms with Gasteiger partial charge < -0.3 is 10.7 Å². The maximum Gasteiger partial charge on any atom is 0.253 e. The topological polar surface area (TPSA) is 67.2 Å². The maximum atomic E-state index is 12.4. The van der Waals surface area contributed by atoms with Crippen molar-refractivity contribution in [2.45, 2.75) is 26.8 Å². The number of amides is 1. The zero-order chi connectivity index (χ0) is 15.4. The van der Waals surface area contributed by atoms with Crippen molar-refractivity contribution in [3.05, 3.63) is 64.7 Å². The van der Waals surface area contributed by atoms with Crippen LogP contribution in [-0.4, -0.2) is 5.91 Å². The van der Waals surface area contributed by atoms with E-state index in [1.54, 1.807) is 6.07 Å². The summed E-state index contributed by atoms with van der Waals surface area (Å²) in [5, 5.41) is 3.00. The van der Waals surface area contributed by atoms with Crippen LogP contribution in [0.3, 0.4) is 0 Å². The van der Waals surface area contributed by atoms with Crippen LogP contribution in [0.1, 0.15) is 40.0 Å². The molecule has 0 saturated heterocycles. The summed E-state index contributed by atoms with van der Waals surface area (Å²) in [7, 11) is 0. The lowest BCUT2D eigenvalue weighted by Gasteiger charge is -2.16. The standard InChI is InChI=1S/C17H21N3O/c1-11-4-7-14(8-5-11)13(3)19-17(21)15-10-12(2)6-9-16(15)20-18/h4-10,13,20H,18H2,1-3H3,(H,19,21). The van der Waals surface area contributed by atoms with E-state index in [-0.39, 0.29) is 11.9 Å². The van der Waals surface area contributed by atoms with Crippen LogP contribution in [0.5, 0.6) is 0 Å². The van der Waals surface area contributed by atoms with E-state index in [1.807, 2.05) is 57.2 Å². The molecule has 0 radical (unpaired) electrons. The molecule has 0 spiro atoms. The third-order valence-electron chi connectivity index (χ3n) is 3.50. The van der Waals surface area contributed by atoms with Crippen LogP contribution in [0, 0.1) is 13.8 Å². The van der Waals surface area contributed by atoms with Gasteiger partial charge in [0.25, 0.3) is 5.91 Å². The minimum absolute atomic E-state index is 0.0655. The van der Waals surface area contributed by atoms with Crippen LogP contribution in [0.15, 0.2) is 42.5 Å². The number of nitrogens with one attached hydrogen (secondary N) is 2. The molecule has 0 aromatic heterocycles. The second-order valence-electron chi connectivity index (χ2n) is 5.30. The van der Waals surface area contributed by atoms with Gasteiger partial charge in [0.2, 0.25) is 0 Å². The van der Waals surface area contributed by atoms with Gasteiger partial charge in [0.1, 0.15) is 0 Å². The molecule has 4 heteroatoms. The molecule has 2 rings (SSSR count). The minimum Gasteiger partial charge on any atom is -0.345 e. The van der Waals surface area contributed by atoms with Crippen molar-refractivity contribution >= 4 is 11.6 Å². The number of carbonyl (C=O) groups excluding carboxylic acids is 1. The van der Waals surface area contributed by atoms with Crippen molar-refractivity contribution in [2.75, 3.05) is 5.43 Å². The van der Waals surface area contributed by atoms with E-state index in [4.69, 9.17) is 5.84 Å². The first-order valence-corrected chi connectivity index (χ1v) is 6.96. The van der Waals surface area contributed by atoms with Crippen LogP contribution in [-0.2, 0) is 0 Å². The second kappa shape index (κ2) is 6.41. The van der Waals surface area contributed by atoms with E-state index < -0.39 is 0 Å². The Morgan fingerprint density at radius 1 is 1.05 bits per heavy atom. The van der Waals surface area contributed by atoms with Gasteiger partial charge in [-0.05, 0) is 38.5 Å². The fourth-order valence-electron chi connectivity index (χ4n) is 2.18. The molecule has 1 atom stereocenters. The molecule has 0 aliphatic heterocycles. The average Bonchev–Trinajstić information content (AvgIpc) is 2.47. The molecule has 1 unspecified atom stereocenters. The highest BCUT2D eigenvalue weighted by Gasteiger charge is 2.14. The quantitative estimate of drug-likeness (QED) is 0.596. The lowest BCUT2D eigenvalue weighted by Crippen LogP contribution is -2.28. The lowest BCUT2D eigenvalue weighted by molar-refractivity contribution is 0.0940. The number of hydrazine groups is 1. The monoisotopic (exact) mass is 283 g/mol. The SMILES string of the molecule is Cc1ccc(C(C)NC(=O)c2cc(C)ccc2NN)cc1. The molecule has 0 fully saturated rings. The molecule has 0 saturated carbocycles. The Labute approximate surface area is 125 Å². The highest BCUT2D eigenvalue weighted by Crippen LogP contribution is 2.19. The Balaban J connectivity index is 2.17. The van der Waals surface area contributed by atoms with Crippen molar-refractivity contribution in [1.82, 2.24) is 5.32 Å². The van der Waals surface area contributed by atoms with E-state index in [9.17, 15) is 4.79 Å². The van der Waals surface area contributed by atoms with Gasteiger partial charge in [-0.2, -0.15) is 0 Å². The van der Waals surface area contributed by atoms with E-state index in [2.05, 4.69) is 10.7 Å². The van der Waals surface area contributed by atoms with Crippen LogP contribution in [0.4, 0.5) is 5.69 Å². The van der Waals surface area contributed by atoms with Crippen LogP contribution in [0.25, 0.3) is 0 Å². The molecule has 1 amide bonds. The molecular weight excluding hydrogens is 262 g/mol. The molecule has 110 valence electrons. The number of hydrogen-bond donors (Lipinski definition) is 3. The summed E-state index contributed by atoms with van der Waals surface area (Å²) in [6, 6.07) is 13.6. The van der Waals surface area contributed by atoms with Crippen molar-refractivity contribution in [3.63, 3.8) is 0 Å².